The molecule has 0 aliphatic carbocycles. The largest absolute Gasteiger partial charge is 0.495 e. The molecule has 0 saturated carbocycles. The molecule has 0 bridgehead atoms. The lowest BCUT2D eigenvalue weighted by molar-refractivity contribution is 0.395. The van der Waals surface area contributed by atoms with E-state index in [-0.39, 0.29) is 0 Å². The van der Waals surface area contributed by atoms with Crippen LogP contribution >= 0.6 is 23.2 Å². The fourth-order valence-electron chi connectivity index (χ4n) is 2.57. The number of methoxy groups -OCH3 is 2. The lowest BCUT2D eigenvalue weighted by Gasteiger charge is -2.15. The third kappa shape index (κ3) is 3.04. The van der Waals surface area contributed by atoms with E-state index < -0.39 is 0 Å². The van der Waals surface area contributed by atoms with E-state index in [1.54, 1.807) is 26.4 Å². The molecular weight excluding hydrogens is 377 g/mol. The Morgan fingerprint density at radius 3 is 2.12 bits per heavy atom. The molecule has 0 spiro atoms. The quantitative estimate of drug-likeness (QED) is 0.674. The smallest absolute Gasteiger partial charge is 0.223 e. The van der Waals surface area contributed by atoms with E-state index in [0.717, 1.165) is 5.39 Å². The van der Waals surface area contributed by atoms with Crippen LogP contribution in [-0.4, -0.2) is 43.3 Å². The number of nitrogens with one attached hydrogen (secondary N) is 2. The SMILES string of the molecule is CNc1ncc2cc(-c3c(Cl)c(OC)cc(OC)c3Cl)nc(NC)c2n1. The average molecular weight is 394 g/mol. The number of anilines is 2. The molecule has 3 aromatic rings. The summed E-state index contributed by atoms with van der Waals surface area (Å²) < 4.78 is 10.7. The van der Waals surface area contributed by atoms with Crippen molar-refractivity contribution < 1.29 is 9.47 Å². The highest BCUT2D eigenvalue weighted by atomic mass is 35.5. The standard InChI is InChI=1S/C17H17Cl2N5O2/c1-20-16-15-8(7-22-17(21-2)24-15)5-9(23-16)12-13(18)10(25-3)6-11(26-4)14(12)19/h5-7H,1-4H3,(H,20,23)(H,21,22,24). The Bertz CT molecular complexity index is 953. The summed E-state index contributed by atoms with van der Waals surface area (Å²) in [5, 5.41) is 7.44. The zero-order valence-electron chi connectivity index (χ0n) is 14.6. The van der Waals surface area contributed by atoms with Crippen LogP contribution in [0.1, 0.15) is 0 Å². The second-order valence-corrected chi connectivity index (χ2v) is 6.03. The van der Waals surface area contributed by atoms with E-state index in [0.29, 0.717) is 50.1 Å². The lowest BCUT2D eigenvalue weighted by Crippen LogP contribution is -2.02. The summed E-state index contributed by atoms with van der Waals surface area (Å²) in [6, 6.07) is 3.46. The summed E-state index contributed by atoms with van der Waals surface area (Å²) in [7, 11) is 6.57. The first-order valence-corrected chi connectivity index (χ1v) is 8.43. The van der Waals surface area contributed by atoms with Gasteiger partial charge >= 0.3 is 0 Å². The molecule has 2 heterocycles. The third-order valence-electron chi connectivity index (χ3n) is 3.86. The van der Waals surface area contributed by atoms with Crippen molar-refractivity contribution in [1.29, 1.82) is 0 Å². The van der Waals surface area contributed by atoms with Crippen LogP contribution in [0.25, 0.3) is 22.2 Å². The second-order valence-electron chi connectivity index (χ2n) is 5.27. The predicted octanol–water partition coefficient (Wildman–Crippen LogP) is 4.10. The topological polar surface area (TPSA) is 81.2 Å². The van der Waals surface area contributed by atoms with Gasteiger partial charge in [0.2, 0.25) is 5.95 Å². The van der Waals surface area contributed by atoms with Crippen LogP contribution in [0.4, 0.5) is 11.8 Å². The van der Waals surface area contributed by atoms with Crippen molar-refractivity contribution in [3.63, 3.8) is 0 Å². The Kier molecular flexibility index (Phi) is 5.20. The molecule has 136 valence electrons. The maximum atomic E-state index is 6.51. The third-order valence-corrected chi connectivity index (χ3v) is 4.61. The number of fused-ring (bicyclic) bond motifs is 1. The number of pyridine rings is 1. The van der Waals surface area contributed by atoms with Crippen LogP contribution in [0.15, 0.2) is 18.3 Å². The summed E-state index contributed by atoms with van der Waals surface area (Å²) in [4.78, 5) is 13.3. The Labute approximate surface area is 160 Å². The van der Waals surface area contributed by atoms with Gasteiger partial charge in [-0.05, 0) is 6.07 Å². The molecule has 0 saturated heterocycles. The molecule has 2 aromatic heterocycles. The number of rotatable bonds is 5. The highest BCUT2D eigenvalue weighted by Crippen LogP contribution is 2.46. The fraction of sp³-hybridized carbons (Fsp3) is 0.235. The minimum Gasteiger partial charge on any atom is -0.495 e. The number of ether oxygens (including phenoxy) is 2. The minimum absolute atomic E-state index is 0.347. The zero-order chi connectivity index (χ0) is 18.8. The first kappa shape index (κ1) is 18.3. The predicted molar refractivity (Wildman–Crippen MR) is 105 cm³/mol. The van der Waals surface area contributed by atoms with Gasteiger partial charge < -0.3 is 20.1 Å². The van der Waals surface area contributed by atoms with Gasteiger partial charge in [-0.1, -0.05) is 23.2 Å². The molecule has 0 radical (unpaired) electrons. The van der Waals surface area contributed by atoms with Crippen molar-refractivity contribution in [3.05, 3.63) is 28.4 Å². The summed E-state index contributed by atoms with van der Waals surface area (Å²) in [6.45, 7) is 0. The Morgan fingerprint density at radius 1 is 0.923 bits per heavy atom. The average Bonchev–Trinajstić information content (AvgIpc) is 2.67. The van der Waals surface area contributed by atoms with Crippen molar-refractivity contribution in [1.82, 2.24) is 15.0 Å². The number of nitrogens with zero attached hydrogens (tertiary/aromatic N) is 3. The zero-order valence-corrected chi connectivity index (χ0v) is 16.2. The number of halogens is 2. The van der Waals surface area contributed by atoms with Crippen molar-refractivity contribution in [3.8, 4) is 22.8 Å². The highest BCUT2D eigenvalue weighted by Gasteiger charge is 2.21. The maximum Gasteiger partial charge on any atom is 0.223 e. The van der Waals surface area contributed by atoms with E-state index in [1.807, 2.05) is 6.07 Å². The normalized spacial score (nSPS) is 10.7. The van der Waals surface area contributed by atoms with Gasteiger partial charge in [0.15, 0.2) is 5.82 Å². The van der Waals surface area contributed by atoms with Gasteiger partial charge in [0.25, 0.3) is 0 Å². The Balaban J connectivity index is 2.32. The van der Waals surface area contributed by atoms with Crippen LogP contribution in [0, 0.1) is 0 Å². The molecule has 26 heavy (non-hydrogen) atoms. The van der Waals surface area contributed by atoms with Gasteiger partial charge in [0.1, 0.15) is 17.0 Å². The maximum absolute atomic E-state index is 6.51. The summed E-state index contributed by atoms with van der Waals surface area (Å²) in [6.07, 6.45) is 1.71. The van der Waals surface area contributed by atoms with Crippen LogP contribution in [-0.2, 0) is 0 Å². The van der Waals surface area contributed by atoms with Crippen molar-refractivity contribution in [2.24, 2.45) is 0 Å². The number of benzene rings is 1. The molecule has 3 rings (SSSR count). The molecule has 0 unspecified atom stereocenters. The minimum atomic E-state index is 0.347. The van der Waals surface area contributed by atoms with Crippen LogP contribution in [0.3, 0.4) is 0 Å². The van der Waals surface area contributed by atoms with E-state index in [2.05, 4.69) is 25.6 Å². The van der Waals surface area contributed by atoms with Crippen LogP contribution < -0.4 is 20.1 Å². The molecule has 0 aliphatic rings. The van der Waals surface area contributed by atoms with E-state index in [1.165, 1.54) is 14.2 Å². The van der Waals surface area contributed by atoms with Crippen molar-refractivity contribution in [2.75, 3.05) is 38.9 Å². The molecule has 0 fully saturated rings. The molecule has 9 heteroatoms. The monoisotopic (exact) mass is 393 g/mol. The number of aromatic nitrogens is 3. The van der Waals surface area contributed by atoms with Gasteiger partial charge in [-0.15, -0.1) is 0 Å². The molecule has 0 aliphatic heterocycles. The molecule has 2 N–H and O–H groups in total. The lowest BCUT2D eigenvalue weighted by atomic mass is 10.1. The fourth-order valence-corrected chi connectivity index (χ4v) is 3.27. The highest BCUT2D eigenvalue weighted by molar-refractivity contribution is 6.41. The van der Waals surface area contributed by atoms with Gasteiger partial charge in [-0.3, -0.25) is 0 Å². The first-order valence-electron chi connectivity index (χ1n) is 7.67. The molecule has 7 nitrogen and oxygen atoms in total. The van der Waals surface area contributed by atoms with E-state index in [4.69, 9.17) is 32.7 Å². The van der Waals surface area contributed by atoms with E-state index in [9.17, 15) is 0 Å². The number of hydrogen-bond donors (Lipinski definition) is 2. The summed E-state index contributed by atoms with van der Waals surface area (Å²) in [5.74, 6) is 1.96. The van der Waals surface area contributed by atoms with Crippen molar-refractivity contribution in [2.45, 2.75) is 0 Å². The molecular formula is C17H17Cl2N5O2. The molecule has 0 atom stereocenters. The van der Waals surface area contributed by atoms with E-state index >= 15 is 0 Å². The van der Waals surface area contributed by atoms with Gasteiger partial charge in [0, 0.05) is 37.3 Å². The summed E-state index contributed by atoms with van der Waals surface area (Å²) >= 11 is 13.0. The van der Waals surface area contributed by atoms with Gasteiger partial charge in [0.05, 0.1) is 30.0 Å². The van der Waals surface area contributed by atoms with Crippen LogP contribution in [0.2, 0.25) is 10.0 Å². The summed E-state index contributed by atoms with van der Waals surface area (Å²) in [5.41, 5.74) is 1.74. The van der Waals surface area contributed by atoms with Gasteiger partial charge in [-0.25, -0.2) is 15.0 Å². The molecule has 1 aromatic carbocycles. The Hall–Kier alpha value is -2.51. The first-order chi connectivity index (χ1) is 12.5. The molecule has 0 amide bonds. The number of hydrogen-bond acceptors (Lipinski definition) is 7. The second kappa shape index (κ2) is 7.39. The van der Waals surface area contributed by atoms with Crippen LogP contribution in [0.5, 0.6) is 11.5 Å². The Morgan fingerprint density at radius 2 is 1.58 bits per heavy atom. The van der Waals surface area contributed by atoms with Crippen molar-refractivity contribution >= 4 is 45.9 Å². The van der Waals surface area contributed by atoms with Gasteiger partial charge in [-0.2, -0.15) is 0 Å².